The van der Waals surface area contributed by atoms with Crippen LogP contribution >= 0.6 is 0 Å². The number of aliphatic hydroxyl groups is 1. The van der Waals surface area contributed by atoms with Crippen molar-refractivity contribution in [2.75, 3.05) is 11.9 Å². The topological polar surface area (TPSA) is 62.2 Å². The molecule has 0 radical (unpaired) electrons. The molecule has 0 fully saturated rings. The fourth-order valence-electron chi connectivity index (χ4n) is 1.83. The zero-order valence-electron chi connectivity index (χ0n) is 11.8. The van der Waals surface area contributed by atoms with Crippen LogP contribution in [0.2, 0.25) is 0 Å². The van der Waals surface area contributed by atoms with Crippen molar-refractivity contribution >= 4 is 11.7 Å². The van der Waals surface area contributed by atoms with E-state index in [0.717, 1.165) is 11.1 Å². The molecule has 0 saturated heterocycles. The summed E-state index contributed by atoms with van der Waals surface area (Å²) in [6, 6.07) is 10.8. The summed E-state index contributed by atoms with van der Waals surface area (Å²) in [7, 11) is 0. The molecule has 106 valence electrons. The highest BCUT2D eigenvalue weighted by molar-refractivity contribution is 6.04. The number of rotatable bonds is 3. The molecule has 1 aromatic heterocycles. The molecule has 21 heavy (non-hydrogen) atoms. The Bertz CT molecular complexity index is 685. The molecule has 0 saturated carbocycles. The van der Waals surface area contributed by atoms with Gasteiger partial charge in [0.1, 0.15) is 5.82 Å². The normalized spacial score (nSPS) is 9.62. The molecule has 0 spiro atoms. The predicted octanol–water partition coefficient (Wildman–Crippen LogP) is 2.38. The van der Waals surface area contributed by atoms with Gasteiger partial charge in [-0.2, -0.15) is 0 Å². The summed E-state index contributed by atoms with van der Waals surface area (Å²) in [6.07, 6.45) is 2.04. The molecule has 0 atom stereocenters. The monoisotopic (exact) mass is 280 g/mol. The van der Waals surface area contributed by atoms with Gasteiger partial charge in [-0.3, -0.25) is 4.79 Å². The average molecular weight is 280 g/mol. The molecule has 1 aromatic carbocycles. The Morgan fingerprint density at radius 2 is 2.19 bits per heavy atom. The predicted molar refractivity (Wildman–Crippen MR) is 82.0 cm³/mol. The number of benzene rings is 1. The van der Waals surface area contributed by atoms with Gasteiger partial charge < -0.3 is 10.4 Å². The number of aliphatic hydroxyl groups excluding tert-OH is 1. The van der Waals surface area contributed by atoms with E-state index in [2.05, 4.69) is 22.1 Å². The van der Waals surface area contributed by atoms with Crippen molar-refractivity contribution in [2.24, 2.45) is 0 Å². The van der Waals surface area contributed by atoms with E-state index >= 15 is 0 Å². The van der Waals surface area contributed by atoms with Crippen molar-refractivity contribution in [3.8, 4) is 11.8 Å². The first kappa shape index (κ1) is 14.8. The molecule has 2 aromatic rings. The molecule has 0 bridgehead atoms. The van der Waals surface area contributed by atoms with Gasteiger partial charge in [0.15, 0.2) is 0 Å². The second-order valence-corrected chi connectivity index (χ2v) is 4.53. The molecule has 2 N–H and O–H groups in total. The van der Waals surface area contributed by atoms with Gasteiger partial charge in [-0.25, -0.2) is 4.98 Å². The minimum absolute atomic E-state index is 0.0336. The van der Waals surface area contributed by atoms with Gasteiger partial charge in [-0.15, -0.1) is 0 Å². The fraction of sp³-hybridized carbons (Fsp3) is 0.176. The lowest BCUT2D eigenvalue weighted by atomic mass is 10.1. The first-order chi connectivity index (χ1) is 10.2. The number of pyridine rings is 1. The summed E-state index contributed by atoms with van der Waals surface area (Å²) in [5.74, 6) is 6.08. The Labute approximate surface area is 123 Å². The van der Waals surface area contributed by atoms with E-state index in [4.69, 9.17) is 5.11 Å². The summed E-state index contributed by atoms with van der Waals surface area (Å²) >= 11 is 0. The molecule has 2 rings (SSSR count). The highest BCUT2D eigenvalue weighted by atomic mass is 16.2. The Balaban J connectivity index is 2.19. The van der Waals surface area contributed by atoms with E-state index in [0.29, 0.717) is 17.8 Å². The van der Waals surface area contributed by atoms with Crippen molar-refractivity contribution < 1.29 is 9.90 Å². The number of amides is 1. The van der Waals surface area contributed by atoms with Crippen LogP contribution in [0.4, 0.5) is 5.82 Å². The van der Waals surface area contributed by atoms with Crippen molar-refractivity contribution in [1.82, 2.24) is 4.98 Å². The number of anilines is 1. The SMILES string of the molecule is Cc1cc(C#CCCO)cc(C(=O)Nc2ccccn2)c1. The Morgan fingerprint density at radius 1 is 1.33 bits per heavy atom. The van der Waals surface area contributed by atoms with Crippen LogP contribution in [0.1, 0.15) is 27.9 Å². The van der Waals surface area contributed by atoms with Gasteiger partial charge >= 0.3 is 0 Å². The van der Waals surface area contributed by atoms with Gasteiger partial charge in [0, 0.05) is 23.7 Å². The zero-order valence-corrected chi connectivity index (χ0v) is 11.8. The summed E-state index contributed by atoms with van der Waals surface area (Å²) in [6.45, 7) is 1.95. The number of nitrogens with zero attached hydrogens (tertiary/aromatic N) is 1. The van der Waals surface area contributed by atoms with E-state index in [1.165, 1.54) is 0 Å². The largest absolute Gasteiger partial charge is 0.395 e. The number of carbonyl (C=O) groups excluding carboxylic acids is 1. The van der Waals surface area contributed by atoms with Crippen molar-refractivity contribution in [3.63, 3.8) is 0 Å². The second kappa shape index (κ2) is 7.22. The van der Waals surface area contributed by atoms with Crippen molar-refractivity contribution in [1.29, 1.82) is 0 Å². The molecular formula is C17H16N2O2. The first-order valence-electron chi connectivity index (χ1n) is 6.63. The first-order valence-corrected chi connectivity index (χ1v) is 6.63. The zero-order chi connectivity index (χ0) is 15.1. The van der Waals surface area contributed by atoms with Crippen LogP contribution in [-0.2, 0) is 0 Å². The molecule has 0 aliphatic rings. The summed E-state index contributed by atoms with van der Waals surface area (Å²) in [5.41, 5.74) is 2.25. The lowest BCUT2D eigenvalue weighted by molar-refractivity contribution is 0.102. The molecule has 4 heteroatoms. The Kier molecular flexibility index (Phi) is 5.08. The third kappa shape index (κ3) is 4.44. The highest BCUT2D eigenvalue weighted by Gasteiger charge is 2.08. The Hall–Kier alpha value is -2.64. The van der Waals surface area contributed by atoms with Crippen LogP contribution < -0.4 is 5.32 Å². The van der Waals surface area contributed by atoms with E-state index in [-0.39, 0.29) is 12.5 Å². The second-order valence-electron chi connectivity index (χ2n) is 4.53. The maximum absolute atomic E-state index is 12.2. The van der Waals surface area contributed by atoms with Gasteiger partial charge in [-0.05, 0) is 42.8 Å². The third-order valence-corrected chi connectivity index (χ3v) is 2.72. The average Bonchev–Trinajstić information content (AvgIpc) is 2.48. The molecule has 1 amide bonds. The maximum Gasteiger partial charge on any atom is 0.256 e. The molecular weight excluding hydrogens is 264 g/mol. The smallest absolute Gasteiger partial charge is 0.256 e. The summed E-state index contributed by atoms with van der Waals surface area (Å²) in [4.78, 5) is 16.3. The lowest BCUT2D eigenvalue weighted by Gasteiger charge is -2.06. The molecule has 1 heterocycles. The van der Waals surface area contributed by atoms with Crippen molar-refractivity contribution in [2.45, 2.75) is 13.3 Å². The number of aryl methyl sites for hydroxylation is 1. The van der Waals surface area contributed by atoms with Crippen LogP contribution in [-0.4, -0.2) is 22.6 Å². The number of aromatic nitrogens is 1. The van der Waals surface area contributed by atoms with Crippen LogP contribution in [0.15, 0.2) is 42.6 Å². The van der Waals surface area contributed by atoms with E-state index in [1.807, 2.05) is 19.1 Å². The lowest BCUT2D eigenvalue weighted by Crippen LogP contribution is -2.13. The maximum atomic E-state index is 12.2. The van der Waals surface area contributed by atoms with Crippen LogP contribution in [0, 0.1) is 18.8 Å². The van der Waals surface area contributed by atoms with Gasteiger partial charge in [0.05, 0.1) is 6.61 Å². The number of hydrogen-bond donors (Lipinski definition) is 2. The molecule has 4 nitrogen and oxygen atoms in total. The summed E-state index contributed by atoms with van der Waals surface area (Å²) < 4.78 is 0. The third-order valence-electron chi connectivity index (χ3n) is 2.72. The van der Waals surface area contributed by atoms with Gasteiger partial charge in [0.2, 0.25) is 0 Å². The molecule has 0 unspecified atom stereocenters. The Morgan fingerprint density at radius 3 is 2.90 bits per heavy atom. The standard InChI is InChI=1S/C17H16N2O2/c1-13-10-14(6-3-5-9-20)12-15(11-13)17(21)19-16-7-2-4-8-18-16/h2,4,7-8,10-12,20H,5,9H2,1H3,(H,18,19,21). The highest BCUT2D eigenvalue weighted by Crippen LogP contribution is 2.11. The molecule has 0 aliphatic carbocycles. The van der Waals surface area contributed by atoms with E-state index in [1.54, 1.807) is 30.5 Å². The van der Waals surface area contributed by atoms with Crippen LogP contribution in [0.5, 0.6) is 0 Å². The van der Waals surface area contributed by atoms with Crippen LogP contribution in [0.25, 0.3) is 0 Å². The number of nitrogens with one attached hydrogen (secondary N) is 1. The van der Waals surface area contributed by atoms with E-state index < -0.39 is 0 Å². The number of hydrogen-bond acceptors (Lipinski definition) is 3. The minimum atomic E-state index is -0.220. The molecule has 0 aliphatic heterocycles. The van der Waals surface area contributed by atoms with Gasteiger partial charge in [0.25, 0.3) is 5.91 Å². The van der Waals surface area contributed by atoms with Crippen LogP contribution in [0.3, 0.4) is 0 Å². The van der Waals surface area contributed by atoms with E-state index in [9.17, 15) is 4.79 Å². The minimum Gasteiger partial charge on any atom is -0.395 e. The quantitative estimate of drug-likeness (QED) is 0.849. The summed E-state index contributed by atoms with van der Waals surface area (Å²) in [5, 5.41) is 11.5. The van der Waals surface area contributed by atoms with Gasteiger partial charge in [-0.1, -0.05) is 17.9 Å². The fourth-order valence-corrected chi connectivity index (χ4v) is 1.83. The van der Waals surface area contributed by atoms with Crippen molar-refractivity contribution in [3.05, 3.63) is 59.3 Å². The number of carbonyl (C=O) groups is 1.